The molecule has 0 radical (unpaired) electrons. The molecular formula is C16H32N4O. The molecule has 5 heteroatoms. The van der Waals surface area contributed by atoms with Crippen molar-refractivity contribution in [2.45, 2.75) is 51.1 Å². The quantitative estimate of drug-likeness (QED) is 0.813. The molecule has 0 unspecified atom stereocenters. The predicted octanol–water partition coefficient (Wildman–Crippen LogP) is 0.742. The smallest absolute Gasteiger partial charge is 0.236 e. The molecule has 1 aliphatic heterocycles. The van der Waals surface area contributed by atoms with Gasteiger partial charge in [-0.2, -0.15) is 0 Å². The number of amides is 1. The van der Waals surface area contributed by atoms with Crippen LogP contribution in [-0.2, 0) is 4.79 Å². The van der Waals surface area contributed by atoms with Crippen molar-refractivity contribution < 1.29 is 4.79 Å². The third kappa shape index (κ3) is 4.94. The van der Waals surface area contributed by atoms with Gasteiger partial charge in [-0.1, -0.05) is 6.92 Å². The van der Waals surface area contributed by atoms with Gasteiger partial charge >= 0.3 is 0 Å². The molecule has 2 rings (SSSR count). The van der Waals surface area contributed by atoms with Crippen molar-refractivity contribution >= 4 is 5.91 Å². The van der Waals surface area contributed by atoms with Crippen LogP contribution >= 0.6 is 0 Å². The van der Waals surface area contributed by atoms with Gasteiger partial charge in [-0.05, 0) is 45.7 Å². The number of nitrogens with zero attached hydrogens (tertiary/aromatic N) is 3. The molecule has 5 nitrogen and oxygen atoms in total. The molecule has 2 fully saturated rings. The minimum absolute atomic E-state index is 0.312. The van der Waals surface area contributed by atoms with Crippen LogP contribution in [0.25, 0.3) is 0 Å². The Hall–Kier alpha value is -0.650. The summed E-state index contributed by atoms with van der Waals surface area (Å²) < 4.78 is 0. The van der Waals surface area contributed by atoms with Gasteiger partial charge in [0, 0.05) is 38.3 Å². The molecular weight excluding hydrogens is 264 g/mol. The summed E-state index contributed by atoms with van der Waals surface area (Å²) in [7, 11) is 2.12. The zero-order valence-corrected chi connectivity index (χ0v) is 13.8. The molecule has 0 bridgehead atoms. The molecule has 1 aliphatic carbocycles. The largest absolute Gasteiger partial charge is 0.339 e. The topological polar surface area (TPSA) is 52.8 Å². The molecule has 1 heterocycles. The molecule has 2 aliphatic rings. The van der Waals surface area contributed by atoms with E-state index in [0.29, 0.717) is 24.5 Å². The third-order valence-corrected chi connectivity index (χ3v) is 4.96. The Balaban J connectivity index is 1.85. The van der Waals surface area contributed by atoms with E-state index in [4.69, 9.17) is 5.73 Å². The van der Waals surface area contributed by atoms with Crippen molar-refractivity contribution in [1.82, 2.24) is 14.7 Å². The van der Waals surface area contributed by atoms with Crippen LogP contribution < -0.4 is 5.73 Å². The summed E-state index contributed by atoms with van der Waals surface area (Å²) in [6.45, 7) is 7.57. The second-order valence-corrected chi connectivity index (χ2v) is 6.72. The fraction of sp³-hybridized carbons (Fsp3) is 0.938. The van der Waals surface area contributed by atoms with E-state index in [2.05, 4.69) is 23.8 Å². The molecule has 21 heavy (non-hydrogen) atoms. The number of likely N-dealkylation sites (N-methyl/N-ethyl adjacent to an activating group) is 1. The molecule has 0 aromatic carbocycles. The van der Waals surface area contributed by atoms with E-state index >= 15 is 0 Å². The van der Waals surface area contributed by atoms with E-state index in [0.717, 1.165) is 64.8 Å². The van der Waals surface area contributed by atoms with Gasteiger partial charge in [-0.25, -0.2) is 0 Å². The van der Waals surface area contributed by atoms with Crippen molar-refractivity contribution in [3.8, 4) is 0 Å². The Kier molecular flexibility index (Phi) is 6.45. The summed E-state index contributed by atoms with van der Waals surface area (Å²) in [5, 5.41) is 0. The number of nitrogens with two attached hydrogens (primary N) is 1. The van der Waals surface area contributed by atoms with Crippen LogP contribution in [0.4, 0.5) is 0 Å². The summed E-state index contributed by atoms with van der Waals surface area (Å²) in [5.41, 5.74) is 6.00. The van der Waals surface area contributed by atoms with E-state index in [-0.39, 0.29) is 0 Å². The van der Waals surface area contributed by atoms with Crippen molar-refractivity contribution in [2.75, 3.05) is 46.3 Å². The number of carbonyl (C=O) groups excluding carboxylic acids is 1. The molecule has 0 atom stereocenters. The Morgan fingerprint density at radius 1 is 1.14 bits per heavy atom. The molecule has 0 spiro atoms. The predicted molar refractivity (Wildman–Crippen MR) is 86.2 cm³/mol. The van der Waals surface area contributed by atoms with Gasteiger partial charge in [0.25, 0.3) is 0 Å². The summed E-state index contributed by atoms with van der Waals surface area (Å²) in [4.78, 5) is 19.3. The minimum atomic E-state index is 0.312. The summed E-state index contributed by atoms with van der Waals surface area (Å²) in [6, 6.07) is 0.930. The number of piperazine rings is 1. The van der Waals surface area contributed by atoms with Crippen LogP contribution in [0.2, 0.25) is 0 Å². The average molecular weight is 296 g/mol. The van der Waals surface area contributed by atoms with Crippen molar-refractivity contribution in [2.24, 2.45) is 5.73 Å². The number of rotatable bonds is 5. The number of hydrogen-bond acceptors (Lipinski definition) is 4. The normalized spacial score (nSPS) is 28.1. The zero-order valence-electron chi connectivity index (χ0n) is 13.8. The van der Waals surface area contributed by atoms with E-state index in [9.17, 15) is 4.79 Å². The SMILES string of the molecule is CCCN(CC(=O)N1CCN(C)CC1)C1CCC(N)CC1. The van der Waals surface area contributed by atoms with Crippen LogP contribution in [0.3, 0.4) is 0 Å². The van der Waals surface area contributed by atoms with Crippen molar-refractivity contribution in [3.05, 3.63) is 0 Å². The lowest BCUT2D eigenvalue weighted by Crippen LogP contribution is -2.52. The summed E-state index contributed by atoms with van der Waals surface area (Å²) in [5.74, 6) is 0.312. The van der Waals surface area contributed by atoms with Gasteiger partial charge < -0.3 is 15.5 Å². The average Bonchev–Trinajstić information content (AvgIpc) is 2.48. The van der Waals surface area contributed by atoms with Gasteiger partial charge in [-0.3, -0.25) is 9.69 Å². The number of carbonyl (C=O) groups is 1. The molecule has 1 amide bonds. The Morgan fingerprint density at radius 2 is 1.76 bits per heavy atom. The van der Waals surface area contributed by atoms with Gasteiger partial charge in [0.05, 0.1) is 6.54 Å². The number of hydrogen-bond donors (Lipinski definition) is 1. The Labute approximate surface area is 129 Å². The minimum Gasteiger partial charge on any atom is -0.339 e. The van der Waals surface area contributed by atoms with Crippen molar-refractivity contribution in [3.63, 3.8) is 0 Å². The van der Waals surface area contributed by atoms with Gasteiger partial charge in [-0.15, -0.1) is 0 Å². The van der Waals surface area contributed by atoms with E-state index in [1.54, 1.807) is 0 Å². The highest BCUT2D eigenvalue weighted by molar-refractivity contribution is 5.78. The van der Waals surface area contributed by atoms with E-state index in [1.165, 1.54) is 0 Å². The first-order chi connectivity index (χ1) is 10.1. The first-order valence-electron chi connectivity index (χ1n) is 8.56. The standard InChI is InChI=1S/C16H32N4O/c1-3-8-20(15-6-4-14(17)5-7-15)13-16(21)19-11-9-18(2)10-12-19/h14-15H,3-13,17H2,1-2H3. The van der Waals surface area contributed by atoms with Crippen LogP contribution in [0.15, 0.2) is 0 Å². The third-order valence-electron chi connectivity index (χ3n) is 4.96. The van der Waals surface area contributed by atoms with Crippen LogP contribution in [0.5, 0.6) is 0 Å². The lowest BCUT2D eigenvalue weighted by molar-refractivity contribution is -0.134. The Morgan fingerprint density at radius 3 is 2.33 bits per heavy atom. The maximum absolute atomic E-state index is 12.5. The maximum Gasteiger partial charge on any atom is 0.236 e. The van der Waals surface area contributed by atoms with Crippen molar-refractivity contribution in [1.29, 1.82) is 0 Å². The second-order valence-electron chi connectivity index (χ2n) is 6.72. The molecule has 0 aromatic heterocycles. The molecule has 1 saturated carbocycles. The zero-order chi connectivity index (χ0) is 15.2. The molecule has 122 valence electrons. The summed E-state index contributed by atoms with van der Waals surface area (Å²) in [6.07, 6.45) is 5.62. The van der Waals surface area contributed by atoms with Gasteiger partial charge in [0.2, 0.25) is 5.91 Å². The molecule has 0 aromatic rings. The second kappa shape index (κ2) is 8.11. The highest BCUT2D eigenvalue weighted by Gasteiger charge is 2.27. The monoisotopic (exact) mass is 296 g/mol. The highest BCUT2D eigenvalue weighted by atomic mass is 16.2. The fourth-order valence-corrected chi connectivity index (χ4v) is 3.47. The van der Waals surface area contributed by atoms with E-state index < -0.39 is 0 Å². The summed E-state index contributed by atoms with van der Waals surface area (Å²) >= 11 is 0. The lowest BCUT2D eigenvalue weighted by atomic mass is 9.90. The first-order valence-corrected chi connectivity index (χ1v) is 8.56. The van der Waals surface area contributed by atoms with Gasteiger partial charge in [0.15, 0.2) is 0 Å². The fourth-order valence-electron chi connectivity index (χ4n) is 3.47. The molecule has 2 N–H and O–H groups in total. The van der Waals surface area contributed by atoms with Crippen LogP contribution in [-0.4, -0.2) is 79.0 Å². The lowest BCUT2D eigenvalue weighted by Gasteiger charge is -2.38. The first kappa shape index (κ1) is 16.7. The maximum atomic E-state index is 12.5. The highest BCUT2D eigenvalue weighted by Crippen LogP contribution is 2.22. The van der Waals surface area contributed by atoms with Crippen LogP contribution in [0.1, 0.15) is 39.0 Å². The Bertz CT molecular complexity index is 320. The molecule has 1 saturated heterocycles. The van der Waals surface area contributed by atoms with Crippen LogP contribution in [0, 0.1) is 0 Å². The van der Waals surface area contributed by atoms with Gasteiger partial charge in [0.1, 0.15) is 0 Å². The van der Waals surface area contributed by atoms with E-state index in [1.807, 2.05) is 4.90 Å².